The van der Waals surface area contributed by atoms with Crippen LogP contribution in [-0.4, -0.2) is 23.5 Å². The highest BCUT2D eigenvalue weighted by Crippen LogP contribution is 2.07. The van der Waals surface area contributed by atoms with E-state index in [1.165, 1.54) is 0 Å². The van der Waals surface area contributed by atoms with Crippen LogP contribution in [0.5, 0.6) is 0 Å². The molecule has 0 saturated heterocycles. The van der Waals surface area contributed by atoms with Crippen LogP contribution in [0.2, 0.25) is 0 Å². The Morgan fingerprint density at radius 1 is 1.24 bits per heavy atom. The molecule has 0 bridgehead atoms. The predicted octanol–water partition coefficient (Wildman–Crippen LogP) is 2.05. The topological polar surface area (TPSA) is 84.2 Å². The summed E-state index contributed by atoms with van der Waals surface area (Å²) in [6, 6.07) is 8.91. The van der Waals surface area contributed by atoms with Gasteiger partial charge in [-0.05, 0) is 26.0 Å². The van der Waals surface area contributed by atoms with Crippen molar-refractivity contribution < 1.29 is 14.1 Å². The third kappa shape index (κ3) is 4.45. The molecule has 0 atom stereocenters. The van der Waals surface area contributed by atoms with Gasteiger partial charge in [0.1, 0.15) is 5.76 Å². The molecular weight excluding hydrogens is 270 g/mol. The van der Waals surface area contributed by atoms with Crippen molar-refractivity contribution in [2.24, 2.45) is 0 Å². The van der Waals surface area contributed by atoms with Gasteiger partial charge in [0, 0.05) is 24.6 Å². The van der Waals surface area contributed by atoms with Crippen LogP contribution in [0.15, 0.2) is 34.9 Å². The number of nitrogens with zero attached hydrogens (tertiary/aromatic N) is 1. The molecular formula is C15H17N3O3. The molecule has 6 nitrogen and oxygen atoms in total. The average Bonchev–Trinajstić information content (AvgIpc) is 2.84. The van der Waals surface area contributed by atoms with E-state index in [9.17, 15) is 9.59 Å². The molecule has 1 heterocycles. The van der Waals surface area contributed by atoms with Crippen molar-refractivity contribution in [2.75, 3.05) is 11.9 Å². The van der Waals surface area contributed by atoms with Gasteiger partial charge in [0.05, 0.1) is 0 Å². The van der Waals surface area contributed by atoms with Gasteiger partial charge >= 0.3 is 0 Å². The van der Waals surface area contributed by atoms with E-state index in [1.807, 2.05) is 19.1 Å². The maximum Gasteiger partial charge on any atom is 0.251 e. The molecule has 0 aliphatic rings. The summed E-state index contributed by atoms with van der Waals surface area (Å²) in [5.74, 6) is 0.581. The number of hydrogen-bond donors (Lipinski definition) is 2. The second-order valence-electron chi connectivity index (χ2n) is 4.75. The molecule has 1 aromatic heterocycles. The lowest BCUT2D eigenvalue weighted by Gasteiger charge is -2.05. The number of aromatic nitrogens is 1. The van der Waals surface area contributed by atoms with Gasteiger partial charge in [0.25, 0.3) is 5.91 Å². The fourth-order valence-electron chi connectivity index (χ4n) is 1.81. The lowest BCUT2D eigenvalue weighted by molar-refractivity contribution is -0.116. The lowest BCUT2D eigenvalue weighted by Crippen LogP contribution is -2.27. The molecule has 0 fully saturated rings. The van der Waals surface area contributed by atoms with Crippen molar-refractivity contribution >= 4 is 17.6 Å². The zero-order valence-electron chi connectivity index (χ0n) is 12.0. The molecule has 2 N–H and O–H groups in total. The maximum absolute atomic E-state index is 11.9. The number of nitrogens with one attached hydrogen (secondary N) is 2. The third-order valence-electron chi connectivity index (χ3n) is 2.81. The molecule has 0 unspecified atom stereocenters. The Kier molecular flexibility index (Phi) is 4.71. The van der Waals surface area contributed by atoms with Crippen LogP contribution in [0, 0.1) is 13.8 Å². The van der Waals surface area contributed by atoms with Crippen LogP contribution >= 0.6 is 0 Å². The minimum absolute atomic E-state index is 0.170. The van der Waals surface area contributed by atoms with E-state index in [2.05, 4.69) is 15.8 Å². The molecule has 6 heteroatoms. The van der Waals surface area contributed by atoms with Crippen LogP contribution in [0.25, 0.3) is 0 Å². The Labute approximate surface area is 122 Å². The minimum Gasteiger partial charge on any atom is -0.360 e. The van der Waals surface area contributed by atoms with Gasteiger partial charge in [-0.3, -0.25) is 9.59 Å². The van der Waals surface area contributed by atoms with E-state index in [0.29, 0.717) is 17.1 Å². The van der Waals surface area contributed by atoms with Gasteiger partial charge in [0.2, 0.25) is 5.91 Å². The fraction of sp³-hybridized carbons (Fsp3) is 0.267. The van der Waals surface area contributed by atoms with E-state index in [1.54, 1.807) is 25.1 Å². The first-order chi connectivity index (χ1) is 10.0. The summed E-state index contributed by atoms with van der Waals surface area (Å²) in [6.45, 7) is 3.92. The highest BCUT2D eigenvalue weighted by molar-refractivity contribution is 5.95. The molecule has 0 radical (unpaired) electrons. The van der Waals surface area contributed by atoms with Crippen LogP contribution in [0.4, 0.5) is 5.82 Å². The Morgan fingerprint density at radius 2 is 2.05 bits per heavy atom. The molecule has 1 aromatic carbocycles. The van der Waals surface area contributed by atoms with Crippen molar-refractivity contribution in [3.63, 3.8) is 0 Å². The van der Waals surface area contributed by atoms with Crippen LogP contribution in [-0.2, 0) is 4.79 Å². The molecule has 110 valence electrons. The maximum atomic E-state index is 11.9. The summed E-state index contributed by atoms with van der Waals surface area (Å²) in [7, 11) is 0. The van der Waals surface area contributed by atoms with Gasteiger partial charge in [-0.2, -0.15) is 0 Å². The van der Waals surface area contributed by atoms with E-state index >= 15 is 0 Å². The number of carbonyl (C=O) groups excluding carboxylic acids is 2. The summed E-state index contributed by atoms with van der Waals surface area (Å²) in [5, 5.41) is 8.96. The first-order valence-corrected chi connectivity index (χ1v) is 6.62. The smallest absolute Gasteiger partial charge is 0.251 e. The molecule has 0 aliphatic heterocycles. The number of benzene rings is 1. The summed E-state index contributed by atoms with van der Waals surface area (Å²) < 4.78 is 4.84. The highest BCUT2D eigenvalue weighted by atomic mass is 16.5. The van der Waals surface area contributed by atoms with Crippen molar-refractivity contribution in [2.45, 2.75) is 20.3 Å². The standard InChI is InChI=1S/C15H17N3O3/c1-10-4-3-5-12(8-10)15(20)16-7-6-14(19)17-13-9-11(2)21-18-13/h3-5,8-9H,6-7H2,1-2H3,(H,16,20)(H,17,18,19). The minimum atomic E-state index is -0.229. The Balaban J connectivity index is 1.76. The summed E-state index contributed by atoms with van der Waals surface area (Å²) in [4.78, 5) is 23.5. The summed E-state index contributed by atoms with van der Waals surface area (Å²) >= 11 is 0. The molecule has 2 rings (SSSR count). The van der Waals surface area contributed by atoms with Gasteiger partial charge in [-0.25, -0.2) is 0 Å². The zero-order valence-corrected chi connectivity index (χ0v) is 12.0. The van der Waals surface area contributed by atoms with Gasteiger partial charge < -0.3 is 15.2 Å². The molecule has 2 amide bonds. The van der Waals surface area contributed by atoms with Gasteiger partial charge in [-0.1, -0.05) is 22.9 Å². The van der Waals surface area contributed by atoms with Crippen LogP contribution in [0.1, 0.15) is 28.1 Å². The Bertz CT molecular complexity index is 649. The SMILES string of the molecule is Cc1cccc(C(=O)NCCC(=O)Nc2cc(C)on2)c1. The zero-order chi connectivity index (χ0) is 15.2. The van der Waals surface area contributed by atoms with Crippen LogP contribution in [0.3, 0.4) is 0 Å². The second-order valence-corrected chi connectivity index (χ2v) is 4.75. The number of hydrogen-bond acceptors (Lipinski definition) is 4. The number of anilines is 1. The van der Waals surface area contributed by atoms with E-state index < -0.39 is 0 Å². The number of rotatable bonds is 5. The van der Waals surface area contributed by atoms with E-state index in [-0.39, 0.29) is 24.8 Å². The third-order valence-corrected chi connectivity index (χ3v) is 2.81. The van der Waals surface area contributed by atoms with Crippen LogP contribution < -0.4 is 10.6 Å². The van der Waals surface area contributed by atoms with Crippen molar-refractivity contribution in [1.29, 1.82) is 0 Å². The van der Waals surface area contributed by atoms with Gasteiger partial charge in [0.15, 0.2) is 5.82 Å². The first kappa shape index (κ1) is 14.8. The number of amides is 2. The number of aryl methyl sites for hydroxylation is 2. The predicted molar refractivity (Wildman–Crippen MR) is 78.0 cm³/mol. The van der Waals surface area contributed by atoms with Gasteiger partial charge in [-0.15, -0.1) is 0 Å². The van der Waals surface area contributed by atoms with E-state index in [4.69, 9.17) is 4.52 Å². The second kappa shape index (κ2) is 6.69. The summed E-state index contributed by atoms with van der Waals surface area (Å²) in [5.41, 5.74) is 1.60. The lowest BCUT2D eigenvalue weighted by atomic mass is 10.1. The summed E-state index contributed by atoms with van der Waals surface area (Å²) in [6.07, 6.45) is 0.170. The largest absolute Gasteiger partial charge is 0.360 e. The molecule has 0 aliphatic carbocycles. The Hall–Kier alpha value is -2.63. The van der Waals surface area contributed by atoms with Crippen molar-refractivity contribution in [3.05, 3.63) is 47.2 Å². The monoisotopic (exact) mass is 287 g/mol. The molecule has 0 spiro atoms. The average molecular weight is 287 g/mol. The van der Waals surface area contributed by atoms with E-state index in [0.717, 1.165) is 5.56 Å². The molecule has 2 aromatic rings. The normalized spacial score (nSPS) is 10.2. The molecule has 0 saturated carbocycles. The highest BCUT2D eigenvalue weighted by Gasteiger charge is 2.08. The number of carbonyl (C=O) groups is 2. The quantitative estimate of drug-likeness (QED) is 0.881. The van der Waals surface area contributed by atoms with Crippen molar-refractivity contribution in [1.82, 2.24) is 10.5 Å². The fourth-order valence-corrected chi connectivity index (χ4v) is 1.81. The first-order valence-electron chi connectivity index (χ1n) is 6.62. The molecule has 21 heavy (non-hydrogen) atoms. The Morgan fingerprint density at radius 3 is 2.71 bits per heavy atom. The van der Waals surface area contributed by atoms with Crippen molar-refractivity contribution in [3.8, 4) is 0 Å².